The molecule has 4 nitrogen and oxygen atoms in total. The van der Waals surface area contributed by atoms with Crippen LogP contribution in [-0.4, -0.2) is 15.0 Å². The third kappa shape index (κ3) is 4.11. The lowest BCUT2D eigenvalue weighted by molar-refractivity contribution is 0.738. The lowest BCUT2D eigenvalue weighted by Crippen LogP contribution is -2.36. The highest BCUT2D eigenvalue weighted by molar-refractivity contribution is 14.1. The van der Waals surface area contributed by atoms with Crippen LogP contribution in [0.25, 0.3) is 11.1 Å². The number of rotatable bonds is 5. The van der Waals surface area contributed by atoms with E-state index >= 15 is 0 Å². The molecule has 4 aromatic rings. The molecule has 0 fully saturated rings. The summed E-state index contributed by atoms with van der Waals surface area (Å²) in [6.45, 7) is 2.19. The van der Waals surface area contributed by atoms with Crippen molar-refractivity contribution in [2.24, 2.45) is 0 Å². The summed E-state index contributed by atoms with van der Waals surface area (Å²) in [4.78, 5) is 15.2. The Labute approximate surface area is 188 Å². The molecule has 3 heterocycles. The predicted octanol–water partition coefficient (Wildman–Crippen LogP) is 6.64. The van der Waals surface area contributed by atoms with Crippen LogP contribution in [0, 0.1) is 0 Å². The average molecular weight is 513 g/mol. The smallest absolute Gasteiger partial charge is 0.129 e. The molecule has 1 atom stereocenters. The fourth-order valence-electron chi connectivity index (χ4n) is 3.39. The van der Waals surface area contributed by atoms with Crippen LogP contribution in [0.5, 0.6) is 0 Å². The molecule has 0 aliphatic carbocycles. The van der Waals surface area contributed by atoms with E-state index in [0.29, 0.717) is 5.15 Å². The molecule has 0 amide bonds. The fourth-order valence-corrected chi connectivity index (χ4v) is 4.53. The number of pyridine rings is 3. The third-order valence-electron chi connectivity index (χ3n) is 4.69. The summed E-state index contributed by atoms with van der Waals surface area (Å²) in [7, 11) is 0. The van der Waals surface area contributed by atoms with Gasteiger partial charge in [0.25, 0.3) is 0 Å². The molecule has 4 rings (SSSR count). The molecule has 0 spiro atoms. The summed E-state index contributed by atoms with van der Waals surface area (Å²) >= 11 is 8.50. The first-order valence-corrected chi connectivity index (χ1v) is 10.5. The quantitative estimate of drug-likeness (QED) is 0.130. The van der Waals surface area contributed by atoms with Crippen LogP contribution < -0.4 is 4.90 Å². The SMILES string of the molecule is CC(I)(c1ccccc1-c1ccc(Cl)nc1)N(c1cccnc1)c1cccnc1. The highest BCUT2D eigenvalue weighted by Crippen LogP contribution is 2.46. The molecule has 1 unspecified atom stereocenters. The molecule has 0 radical (unpaired) electrons. The molecule has 0 bridgehead atoms. The van der Waals surface area contributed by atoms with Crippen molar-refractivity contribution >= 4 is 45.6 Å². The zero-order valence-corrected chi connectivity index (χ0v) is 18.6. The minimum Gasteiger partial charge on any atom is -0.320 e. The van der Waals surface area contributed by atoms with Gasteiger partial charge in [0.1, 0.15) is 8.70 Å². The molecule has 6 heteroatoms. The van der Waals surface area contributed by atoms with Gasteiger partial charge in [-0.2, -0.15) is 0 Å². The molecule has 0 saturated heterocycles. The van der Waals surface area contributed by atoms with Gasteiger partial charge in [-0.05, 0) is 77.0 Å². The lowest BCUT2D eigenvalue weighted by Gasteiger charge is -2.40. The summed E-state index contributed by atoms with van der Waals surface area (Å²) in [5, 5.41) is 0.482. The van der Waals surface area contributed by atoms with Gasteiger partial charge >= 0.3 is 0 Å². The first-order chi connectivity index (χ1) is 14.1. The van der Waals surface area contributed by atoms with Crippen molar-refractivity contribution in [1.82, 2.24) is 15.0 Å². The van der Waals surface area contributed by atoms with Gasteiger partial charge in [0.2, 0.25) is 0 Å². The van der Waals surface area contributed by atoms with Gasteiger partial charge in [0.15, 0.2) is 0 Å². The molecule has 0 aliphatic rings. The average Bonchev–Trinajstić information content (AvgIpc) is 2.76. The van der Waals surface area contributed by atoms with E-state index in [1.165, 1.54) is 0 Å². The Hall–Kier alpha value is -2.51. The molecular weight excluding hydrogens is 495 g/mol. The van der Waals surface area contributed by atoms with E-state index in [1.807, 2.05) is 48.9 Å². The van der Waals surface area contributed by atoms with Crippen LogP contribution in [-0.2, 0) is 3.55 Å². The van der Waals surface area contributed by atoms with E-state index in [9.17, 15) is 0 Å². The van der Waals surface area contributed by atoms with Gasteiger partial charge in [0, 0.05) is 24.2 Å². The molecule has 144 valence electrons. The van der Waals surface area contributed by atoms with Crippen molar-refractivity contribution in [3.63, 3.8) is 0 Å². The van der Waals surface area contributed by atoms with Crippen molar-refractivity contribution in [3.05, 3.63) is 102 Å². The second-order valence-electron chi connectivity index (χ2n) is 6.63. The minimum absolute atomic E-state index is 0.430. The Morgan fingerprint density at radius 3 is 2.03 bits per heavy atom. The van der Waals surface area contributed by atoms with E-state index in [2.05, 4.69) is 79.7 Å². The van der Waals surface area contributed by atoms with Crippen molar-refractivity contribution in [3.8, 4) is 11.1 Å². The second kappa shape index (κ2) is 8.47. The number of alkyl halides is 1. The fraction of sp³-hybridized carbons (Fsp3) is 0.0870. The lowest BCUT2D eigenvalue weighted by atomic mass is 9.95. The van der Waals surface area contributed by atoms with Crippen molar-refractivity contribution in [1.29, 1.82) is 0 Å². The highest BCUT2D eigenvalue weighted by atomic mass is 127. The minimum atomic E-state index is -0.430. The Bertz CT molecular complexity index is 1050. The maximum absolute atomic E-state index is 6.00. The summed E-state index contributed by atoms with van der Waals surface area (Å²) < 4.78 is -0.430. The Morgan fingerprint density at radius 1 is 0.828 bits per heavy atom. The Morgan fingerprint density at radius 2 is 1.48 bits per heavy atom. The molecule has 3 aromatic heterocycles. The van der Waals surface area contributed by atoms with Crippen molar-refractivity contribution in [2.75, 3.05) is 4.90 Å². The molecule has 0 N–H and O–H groups in total. The van der Waals surface area contributed by atoms with Crippen LogP contribution >= 0.6 is 34.2 Å². The maximum Gasteiger partial charge on any atom is 0.129 e. The molecule has 1 aromatic carbocycles. The Balaban J connectivity index is 1.89. The number of hydrogen-bond donors (Lipinski definition) is 0. The van der Waals surface area contributed by atoms with Crippen LogP contribution in [0.2, 0.25) is 5.15 Å². The van der Waals surface area contributed by atoms with Crippen molar-refractivity contribution < 1.29 is 0 Å². The van der Waals surface area contributed by atoms with E-state index in [1.54, 1.807) is 12.4 Å². The monoisotopic (exact) mass is 512 g/mol. The number of anilines is 2. The van der Waals surface area contributed by atoms with Crippen LogP contribution in [0.15, 0.2) is 91.6 Å². The summed E-state index contributed by atoms with van der Waals surface area (Å²) in [6.07, 6.45) is 9.12. The highest BCUT2D eigenvalue weighted by Gasteiger charge is 2.34. The van der Waals surface area contributed by atoms with E-state index < -0.39 is 3.55 Å². The zero-order chi connectivity index (χ0) is 20.3. The summed E-state index contributed by atoms with van der Waals surface area (Å²) in [5.41, 5.74) is 5.25. The van der Waals surface area contributed by atoms with Gasteiger partial charge < -0.3 is 4.90 Å². The van der Waals surface area contributed by atoms with Gasteiger partial charge in [-0.15, -0.1) is 0 Å². The van der Waals surface area contributed by atoms with E-state index in [0.717, 1.165) is 28.1 Å². The van der Waals surface area contributed by atoms with E-state index in [4.69, 9.17) is 11.6 Å². The van der Waals surface area contributed by atoms with Crippen molar-refractivity contribution in [2.45, 2.75) is 10.5 Å². The standard InChI is InChI=1S/C23H18ClIN4/c1-23(25,21-9-3-2-8-20(21)17-10-11-22(24)28-14-17)29(18-6-4-12-26-15-18)19-7-5-13-27-16-19/h2-16H,1H3. The van der Waals surface area contributed by atoms with Gasteiger partial charge in [-0.3, -0.25) is 9.97 Å². The maximum atomic E-state index is 6.00. The molecular formula is C23H18ClIN4. The van der Waals surface area contributed by atoms with E-state index in [-0.39, 0.29) is 0 Å². The largest absolute Gasteiger partial charge is 0.320 e. The first kappa shape index (κ1) is 19.8. The molecule has 29 heavy (non-hydrogen) atoms. The van der Waals surface area contributed by atoms with Crippen LogP contribution in [0.1, 0.15) is 12.5 Å². The molecule has 0 aliphatic heterocycles. The topological polar surface area (TPSA) is 41.9 Å². The summed E-state index contributed by atoms with van der Waals surface area (Å²) in [6, 6.07) is 20.2. The number of benzene rings is 1. The number of hydrogen-bond acceptors (Lipinski definition) is 4. The van der Waals surface area contributed by atoms with Crippen LogP contribution in [0.3, 0.4) is 0 Å². The third-order valence-corrected chi connectivity index (χ3v) is 5.97. The second-order valence-corrected chi connectivity index (χ2v) is 9.11. The normalized spacial score (nSPS) is 12.9. The number of aromatic nitrogens is 3. The zero-order valence-electron chi connectivity index (χ0n) is 15.7. The van der Waals surface area contributed by atoms with Crippen LogP contribution in [0.4, 0.5) is 11.4 Å². The number of halogens is 2. The number of nitrogens with zero attached hydrogens (tertiary/aromatic N) is 4. The van der Waals surface area contributed by atoms with Gasteiger partial charge in [-0.1, -0.05) is 35.9 Å². The molecule has 0 saturated carbocycles. The first-order valence-electron chi connectivity index (χ1n) is 9.08. The predicted molar refractivity (Wildman–Crippen MR) is 127 cm³/mol. The van der Waals surface area contributed by atoms with Gasteiger partial charge in [0.05, 0.1) is 23.8 Å². The van der Waals surface area contributed by atoms with Gasteiger partial charge in [-0.25, -0.2) is 4.98 Å². The Kier molecular flexibility index (Phi) is 5.78. The summed E-state index contributed by atoms with van der Waals surface area (Å²) in [5.74, 6) is 0.